The van der Waals surface area contributed by atoms with Crippen LogP contribution in [0.3, 0.4) is 0 Å². The molecule has 0 aliphatic rings. The average Bonchev–Trinajstić information content (AvgIpc) is 2.98. The second-order valence-electron chi connectivity index (χ2n) is 5.99. The van der Waals surface area contributed by atoms with Crippen molar-refractivity contribution in [3.05, 3.63) is 59.1 Å². The first-order valence-corrected chi connectivity index (χ1v) is 9.02. The summed E-state index contributed by atoms with van der Waals surface area (Å²) in [6.45, 7) is 4.44. The maximum absolute atomic E-state index is 5.80. The van der Waals surface area contributed by atoms with Crippen LogP contribution in [0.5, 0.6) is 0 Å². The summed E-state index contributed by atoms with van der Waals surface area (Å²) in [7, 11) is 1.77. The smallest absolute Gasteiger partial charge is 0.191 e. The molecule has 26 heavy (non-hydrogen) atoms. The van der Waals surface area contributed by atoms with Crippen molar-refractivity contribution in [1.82, 2.24) is 25.2 Å². The van der Waals surface area contributed by atoms with E-state index in [4.69, 9.17) is 11.6 Å². The number of hydrogen-bond acceptors (Lipinski definition) is 3. The van der Waals surface area contributed by atoms with E-state index in [2.05, 4.69) is 48.4 Å². The summed E-state index contributed by atoms with van der Waals surface area (Å²) in [4.78, 5) is 12.9. The van der Waals surface area contributed by atoms with Crippen LogP contribution in [0.2, 0.25) is 5.15 Å². The number of imidazole rings is 1. The molecule has 2 heterocycles. The summed E-state index contributed by atoms with van der Waals surface area (Å²) >= 11 is 5.80. The van der Waals surface area contributed by atoms with Gasteiger partial charge in [0.05, 0.1) is 11.0 Å². The molecule has 2 aromatic heterocycles. The molecule has 3 rings (SSSR count). The van der Waals surface area contributed by atoms with Crippen molar-refractivity contribution in [2.75, 3.05) is 13.6 Å². The van der Waals surface area contributed by atoms with Crippen LogP contribution in [0, 0.1) is 6.92 Å². The van der Waals surface area contributed by atoms with Crippen LogP contribution in [0.4, 0.5) is 0 Å². The molecule has 0 atom stereocenters. The number of rotatable bonds is 6. The van der Waals surface area contributed by atoms with Crippen molar-refractivity contribution in [1.29, 1.82) is 0 Å². The number of aromatic nitrogens is 3. The van der Waals surface area contributed by atoms with Gasteiger partial charge in [0.2, 0.25) is 0 Å². The van der Waals surface area contributed by atoms with Crippen molar-refractivity contribution in [3.63, 3.8) is 0 Å². The van der Waals surface area contributed by atoms with E-state index in [-0.39, 0.29) is 0 Å². The number of benzene rings is 1. The third-order valence-corrected chi connectivity index (χ3v) is 4.39. The van der Waals surface area contributed by atoms with Gasteiger partial charge in [0.1, 0.15) is 11.0 Å². The molecule has 0 spiro atoms. The fourth-order valence-electron chi connectivity index (χ4n) is 2.84. The minimum absolute atomic E-state index is 0.499. The highest BCUT2D eigenvalue weighted by atomic mass is 35.5. The minimum Gasteiger partial charge on any atom is -0.356 e. The molecule has 0 saturated carbocycles. The second kappa shape index (κ2) is 8.67. The highest BCUT2D eigenvalue weighted by Crippen LogP contribution is 2.15. The number of hydrogen-bond donors (Lipinski definition) is 2. The third kappa shape index (κ3) is 4.52. The van der Waals surface area contributed by atoms with Gasteiger partial charge in [0, 0.05) is 32.9 Å². The first-order valence-electron chi connectivity index (χ1n) is 8.64. The van der Waals surface area contributed by atoms with E-state index >= 15 is 0 Å². The molecule has 0 bridgehead atoms. The molecule has 0 unspecified atom stereocenters. The number of halogens is 1. The monoisotopic (exact) mass is 370 g/mol. The molecule has 0 aliphatic heterocycles. The number of nitrogens with zero attached hydrogens (tertiary/aromatic N) is 4. The number of aryl methyl sites for hydroxylation is 2. The van der Waals surface area contributed by atoms with Gasteiger partial charge >= 0.3 is 0 Å². The Morgan fingerprint density at radius 2 is 2.04 bits per heavy atom. The number of nitrogens with one attached hydrogen (secondary N) is 2. The van der Waals surface area contributed by atoms with E-state index in [1.807, 2.05) is 19.1 Å². The minimum atomic E-state index is 0.499. The lowest BCUT2D eigenvalue weighted by atomic mass is 10.3. The van der Waals surface area contributed by atoms with Gasteiger partial charge in [-0.25, -0.2) is 9.97 Å². The Labute approximate surface area is 158 Å². The first kappa shape index (κ1) is 18.2. The molecule has 7 heteroatoms. The zero-order valence-corrected chi connectivity index (χ0v) is 15.8. The zero-order valence-electron chi connectivity index (χ0n) is 15.0. The lowest BCUT2D eigenvalue weighted by molar-refractivity contribution is 0.624. The normalized spacial score (nSPS) is 11.7. The van der Waals surface area contributed by atoms with Gasteiger partial charge < -0.3 is 15.2 Å². The fourth-order valence-corrected chi connectivity index (χ4v) is 2.95. The van der Waals surface area contributed by atoms with Gasteiger partial charge in [-0.05, 0) is 37.1 Å². The molecule has 1 aromatic carbocycles. The SMILES string of the molecule is CN=C(NCCCn1c(C)nc2ccccc21)NCc1ccc(Cl)nc1. The molecule has 0 fully saturated rings. The van der Waals surface area contributed by atoms with E-state index < -0.39 is 0 Å². The van der Waals surface area contributed by atoms with Gasteiger partial charge in [-0.3, -0.25) is 4.99 Å². The maximum atomic E-state index is 5.80. The Balaban J connectivity index is 1.47. The Hall–Kier alpha value is -2.60. The number of guanidine groups is 1. The average molecular weight is 371 g/mol. The third-order valence-electron chi connectivity index (χ3n) is 4.17. The first-order chi connectivity index (χ1) is 12.7. The van der Waals surface area contributed by atoms with Crippen molar-refractivity contribution < 1.29 is 0 Å². The zero-order chi connectivity index (χ0) is 18.4. The largest absolute Gasteiger partial charge is 0.356 e. The van der Waals surface area contributed by atoms with Crippen molar-refractivity contribution in [2.45, 2.75) is 26.4 Å². The number of aliphatic imine (C=N–C) groups is 1. The predicted octanol–water partition coefficient (Wildman–Crippen LogP) is 3.15. The van der Waals surface area contributed by atoms with Crippen LogP contribution < -0.4 is 10.6 Å². The number of fused-ring (bicyclic) bond motifs is 1. The van der Waals surface area contributed by atoms with E-state index in [1.165, 1.54) is 5.52 Å². The topological polar surface area (TPSA) is 67.1 Å². The molecule has 0 aliphatic carbocycles. The van der Waals surface area contributed by atoms with Gasteiger partial charge in [0.15, 0.2) is 5.96 Å². The standard InChI is InChI=1S/C19H23ClN6/c1-14-25-16-6-3-4-7-17(16)26(14)11-5-10-22-19(21-2)24-13-15-8-9-18(20)23-12-15/h3-4,6-9,12H,5,10-11,13H2,1-2H3,(H2,21,22,24). The molecule has 0 amide bonds. The Morgan fingerprint density at radius 3 is 2.81 bits per heavy atom. The van der Waals surface area contributed by atoms with E-state index in [0.29, 0.717) is 11.7 Å². The predicted molar refractivity (Wildman–Crippen MR) is 107 cm³/mol. The van der Waals surface area contributed by atoms with Crippen LogP contribution in [0.15, 0.2) is 47.6 Å². The summed E-state index contributed by atoms with van der Waals surface area (Å²) in [5.41, 5.74) is 3.28. The molecule has 2 N–H and O–H groups in total. The van der Waals surface area contributed by atoms with Crippen LogP contribution in [0.25, 0.3) is 11.0 Å². The molecule has 3 aromatic rings. The summed E-state index contributed by atoms with van der Waals surface area (Å²) < 4.78 is 2.26. The second-order valence-corrected chi connectivity index (χ2v) is 6.38. The number of pyridine rings is 1. The van der Waals surface area contributed by atoms with Gasteiger partial charge in [-0.15, -0.1) is 0 Å². The van der Waals surface area contributed by atoms with E-state index in [9.17, 15) is 0 Å². The van der Waals surface area contributed by atoms with Crippen molar-refractivity contribution >= 4 is 28.6 Å². The van der Waals surface area contributed by atoms with Gasteiger partial charge in [-0.2, -0.15) is 0 Å². The van der Waals surface area contributed by atoms with Gasteiger partial charge in [-0.1, -0.05) is 29.8 Å². The van der Waals surface area contributed by atoms with Crippen LogP contribution in [-0.2, 0) is 13.1 Å². The molecule has 136 valence electrons. The number of para-hydroxylation sites is 2. The summed E-state index contributed by atoms with van der Waals surface area (Å²) in [6.07, 6.45) is 2.74. The molecular weight excluding hydrogens is 348 g/mol. The quantitative estimate of drug-likeness (QED) is 0.303. The highest BCUT2D eigenvalue weighted by molar-refractivity contribution is 6.29. The fraction of sp³-hybridized carbons (Fsp3) is 0.316. The van der Waals surface area contributed by atoms with Crippen LogP contribution in [0.1, 0.15) is 17.8 Å². The Morgan fingerprint density at radius 1 is 1.19 bits per heavy atom. The summed E-state index contributed by atoms with van der Waals surface area (Å²) in [5, 5.41) is 7.11. The Kier molecular flexibility index (Phi) is 6.07. The van der Waals surface area contributed by atoms with Gasteiger partial charge in [0.25, 0.3) is 0 Å². The molecule has 6 nitrogen and oxygen atoms in total. The van der Waals surface area contributed by atoms with Crippen molar-refractivity contribution in [3.8, 4) is 0 Å². The Bertz CT molecular complexity index is 885. The van der Waals surface area contributed by atoms with Crippen LogP contribution >= 0.6 is 11.6 Å². The molecule has 0 saturated heterocycles. The lowest BCUT2D eigenvalue weighted by Gasteiger charge is -2.12. The molecular formula is C19H23ClN6. The highest BCUT2D eigenvalue weighted by Gasteiger charge is 2.06. The summed E-state index contributed by atoms with van der Waals surface area (Å²) in [5.74, 6) is 1.82. The maximum Gasteiger partial charge on any atom is 0.191 e. The molecule has 0 radical (unpaired) electrons. The lowest BCUT2D eigenvalue weighted by Crippen LogP contribution is -2.37. The van der Waals surface area contributed by atoms with E-state index in [1.54, 1.807) is 19.3 Å². The summed E-state index contributed by atoms with van der Waals surface area (Å²) in [6, 6.07) is 12.0. The van der Waals surface area contributed by atoms with Crippen LogP contribution in [-0.4, -0.2) is 34.1 Å². The van der Waals surface area contributed by atoms with E-state index in [0.717, 1.165) is 42.4 Å². The van der Waals surface area contributed by atoms with Crippen molar-refractivity contribution in [2.24, 2.45) is 4.99 Å².